The highest BCUT2D eigenvalue weighted by molar-refractivity contribution is 8.00. The van der Waals surface area contributed by atoms with Crippen LogP contribution in [-0.4, -0.2) is 66.6 Å². The lowest BCUT2D eigenvalue weighted by Crippen LogP contribution is -2.34. The first-order valence-corrected chi connectivity index (χ1v) is 9.74. The summed E-state index contributed by atoms with van der Waals surface area (Å²) >= 11 is 1.49. The van der Waals surface area contributed by atoms with Crippen molar-refractivity contribution < 1.29 is 9.59 Å². The van der Waals surface area contributed by atoms with Gasteiger partial charge >= 0.3 is 0 Å². The first kappa shape index (κ1) is 17.3. The summed E-state index contributed by atoms with van der Waals surface area (Å²) in [6.45, 7) is 5.09. The highest BCUT2D eigenvalue weighted by atomic mass is 32.2. The standard InChI is InChI=1S/C18H25N3O2S/c22-17(20-10-3-4-11-20)14-24-16-7-2-1-6-15(16)18(23)21-12-5-8-19-9-13-21/h1-2,6-7,19H,3-5,8-14H2. The third kappa shape index (κ3) is 4.30. The molecule has 0 unspecified atom stereocenters. The number of nitrogens with zero attached hydrogens (tertiary/aromatic N) is 2. The molecule has 3 rings (SSSR count). The van der Waals surface area contributed by atoms with E-state index < -0.39 is 0 Å². The number of hydrogen-bond acceptors (Lipinski definition) is 4. The SMILES string of the molecule is O=C(CSc1ccccc1C(=O)N1CCCNCC1)N1CCCC1. The van der Waals surface area contributed by atoms with Crippen LogP contribution in [0.2, 0.25) is 0 Å². The lowest BCUT2D eigenvalue weighted by molar-refractivity contribution is -0.127. The van der Waals surface area contributed by atoms with Gasteiger partial charge in [0, 0.05) is 37.6 Å². The summed E-state index contributed by atoms with van der Waals surface area (Å²) in [5, 5.41) is 3.32. The minimum absolute atomic E-state index is 0.0791. The number of likely N-dealkylation sites (tertiary alicyclic amines) is 1. The van der Waals surface area contributed by atoms with E-state index in [2.05, 4.69) is 5.32 Å². The molecule has 1 N–H and O–H groups in total. The fourth-order valence-corrected chi connectivity index (χ4v) is 4.13. The van der Waals surface area contributed by atoms with Crippen LogP contribution in [0.1, 0.15) is 29.6 Å². The van der Waals surface area contributed by atoms with Crippen molar-refractivity contribution in [2.45, 2.75) is 24.2 Å². The quantitative estimate of drug-likeness (QED) is 0.845. The fourth-order valence-electron chi connectivity index (χ4n) is 3.19. The van der Waals surface area contributed by atoms with Gasteiger partial charge in [-0.2, -0.15) is 0 Å². The van der Waals surface area contributed by atoms with Gasteiger partial charge in [-0.15, -0.1) is 11.8 Å². The number of thioether (sulfide) groups is 1. The summed E-state index contributed by atoms with van der Waals surface area (Å²) in [5.41, 5.74) is 0.721. The molecule has 1 aromatic carbocycles. The molecule has 2 aliphatic heterocycles. The number of rotatable bonds is 4. The topological polar surface area (TPSA) is 52.7 Å². The highest BCUT2D eigenvalue weighted by Crippen LogP contribution is 2.25. The molecule has 0 spiro atoms. The van der Waals surface area contributed by atoms with E-state index in [1.54, 1.807) is 0 Å². The Morgan fingerprint density at radius 3 is 2.54 bits per heavy atom. The van der Waals surface area contributed by atoms with Gasteiger partial charge in [0.05, 0.1) is 11.3 Å². The first-order valence-electron chi connectivity index (χ1n) is 8.75. The monoisotopic (exact) mass is 347 g/mol. The molecule has 0 atom stereocenters. The van der Waals surface area contributed by atoms with Gasteiger partial charge in [0.2, 0.25) is 5.91 Å². The number of amides is 2. The van der Waals surface area contributed by atoms with E-state index in [0.717, 1.165) is 69.0 Å². The number of hydrogen-bond donors (Lipinski definition) is 1. The van der Waals surface area contributed by atoms with Crippen molar-refractivity contribution in [1.29, 1.82) is 0 Å². The van der Waals surface area contributed by atoms with E-state index in [0.29, 0.717) is 5.75 Å². The molecule has 2 fully saturated rings. The van der Waals surface area contributed by atoms with Gasteiger partial charge in [0.1, 0.15) is 0 Å². The highest BCUT2D eigenvalue weighted by Gasteiger charge is 2.22. The summed E-state index contributed by atoms with van der Waals surface area (Å²) in [6, 6.07) is 7.66. The van der Waals surface area contributed by atoms with Crippen LogP contribution in [0, 0.1) is 0 Å². The summed E-state index contributed by atoms with van der Waals surface area (Å²) in [7, 11) is 0. The zero-order chi connectivity index (χ0) is 16.8. The normalized spacial score (nSPS) is 18.5. The van der Waals surface area contributed by atoms with Gasteiger partial charge in [0.15, 0.2) is 0 Å². The molecule has 2 aliphatic rings. The van der Waals surface area contributed by atoms with E-state index in [4.69, 9.17) is 0 Å². The molecule has 0 aliphatic carbocycles. The van der Waals surface area contributed by atoms with Crippen LogP contribution in [0.15, 0.2) is 29.2 Å². The number of benzene rings is 1. The Bertz CT molecular complexity index is 579. The van der Waals surface area contributed by atoms with Crippen molar-refractivity contribution in [2.24, 2.45) is 0 Å². The average molecular weight is 347 g/mol. The molecule has 1 aromatic rings. The Balaban J connectivity index is 1.65. The van der Waals surface area contributed by atoms with Gasteiger partial charge in [-0.1, -0.05) is 12.1 Å². The molecule has 24 heavy (non-hydrogen) atoms. The van der Waals surface area contributed by atoms with E-state index in [1.165, 1.54) is 11.8 Å². The molecule has 2 saturated heterocycles. The van der Waals surface area contributed by atoms with Gasteiger partial charge in [-0.25, -0.2) is 0 Å². The number of carbonyl (C=O) groups is 2. The summed E-state index contributed by atoms with van der Waals surface area (Å²) in [4.78, 5) is 29.9. The smallest absolute Gasteiger partial charge is 0.255 e. The third-order valence-corrected chi connectivity index (χ3v) is 5.61. The van der Waals surface area contributed by atoms with Crippen molar-refractivity contribution >= 4 is 23.6 Å². The Labute approximate surface area is 147 Å². The Morgan fingerprint density at radius 2 is 1.71 bits per heavy atom. The molecule has 2 heterocycles. The predicted molar refractivity (Wildman–Crippen MR) is 96.4 cm³/mol. The zero-order valence-electron chi connectivity index (χ0n) is 14.0. The lowest BCUT2D eigenvalue weighted by Gasteiger charge is -2.21. The van der Waals surface area contributed by atoms with Crippen LogP contribution >= 0.6 is 11.8 Å². The van der Waals surface area contributed by atoms with E-state index in [1.807, 2.05) is 34.1 Å². The molecule has 0 radical (unpaired) electrons. The predicted octanol–water partition coefficient (Wildman–Crippen LogP) is 1.84. The van der Waals surface area contributed by atoms with Crippen LogP contribution in [0.5, 0.6) is 0 Å². The van der Waals surface area contributed by atoms with Gasteiger partial charge in [-0.3, -0.25) is 9.59 Å². The second kappa shape index (κ2) is 8.53. The van der Waals surface area contributed by atoms with Crippen LogP contribution in [0.3, 0.4) is 0 Å². The van der Waals surface area contributed by atoms with Crippen molar-refractivity contribution in [3.8, 4) is 0 Å². The average Bonchev–Trinajstić information content (AvgIpc) is 3.02. The minimum Gasteiger partial charge on any atom is -0.342 e. The van der Waals surface area contributed by atoms with Crippen LogP contribution in [0.25, 0.3) is 0 Å². The molecular weight excluding hydrogens is 322 g/mol. The largest absolute Gasteiger partial charge is 0.342 e. The third-order valence-electron chi connectivity index (χ3n) is 4.55. The Kier molecular flexibility index (Phi) is 6.15. The molecule has 0 aromatic heterocycles. The molecule has 0 saturated carbocycles. The maximum Gasteiger partial charge on any atom is 0.255 e. The molecule has 130 valence electrons. The van der Waals surface area contributed by atoms with E-state index in [9.17, 15) is 9.59 Å². The van der Waals surface area contributed by atoms with Crippen molar-refractivity contribution in [3.63, 3.8) is 0 Å². The minimum atomic E-state index is 0.0791. The first-order chi connectivity index (χ1) is 11.8. The van der Waals surface area contributed by atoms with Gasteiger partial charge in [-0.05, 0) is 37.9 Å². The zero-order valence-corrected chi connectivity index (χ0v) is 14.8. The number of nitrogens with one attached hydrogen (secondary N) is 1. The molecule has 5 nitrogen and oxygen atoms in total. The second-order valence-electron chi connectivity index (χ2n) is 6.27. The Morgan fingerprint density at radius 1 is 0.958 bits per heavy atom. The lowest BCUT2D eigenvalue weighted by atomic mass is 10.2. The molecule has 0 bridgehead atoms. The maximum absolute atomic E-state index is 12.9. The van der Waals surface area contributed by atoms with E-state index in [-0.39, 0.29) is 11.8 Å². The maximum atomic E-state index is 12.9. The summed E-state index contributed by atoms with van der Waals surface area (Å²) in [6.07, 6.45) is 3.19. The van der Waals surface area contributed by atoms with Crippen molar-refractivity contribution in [3.05, 3.63) is 29.8 Å². The van der Waals surface area contributed by atoms with Crippen LogP contribution in [-0.2, 0) is 4.79 Å². The molecule has 6 heteroatoms. The van der Waals surface area contributed by atoms with Gasteiger partial charge < -0.3 is 15.1 Å². The van der Waals surface area contributed by atoms with Crippen LogP contribution in [0.4, 0.5) is 0 Å². The molecular formula is C18H25N3O2S. The summed E-state index contributed by atoms with van der Waals surface area (Å²) < 4.78 is 0. The van der Waals surface area contributed by atoms with E-state index >= 15 is 0 Å². The second-order valence-corrected chi connectivity index (χ2v) is 7.29. The van der Waals surface area contributed by atoms with Crippen molar-refractivity contribution in [1.82, 2.24) is 15.1 Å². The number of carbonyl (C=O) groups excluding carboxylic acids is 2. The van der Waals surface area contributed by atoms with Crippen molar-refractivity contribution in [2.75, 3.05) is 45.0 Å². The van der Waals surface area contributed by atoms with Crippen LogP contribution < -0.4 is 5.32 Å². The van der Waals surface area contributed by atoms with Gasteiger partial charge in [0.25, 0.3) is 5.91 Å². The Hall–Kier alpha value is -1.53. The fraction of sp³-hybridized carbons (Fsp3) is 0.556. The molecule has 2 amide bonds. The summed E-state index contributed by atoms with van der Waals surface area (Å²) in [5.74, 6) is 0.667.